The lowest BCUT2D eigenvalue weighted by atomic mass is 10.3. The zero-order valence-electron chi connectivity index (χ0n) is 9.94. The molecule has 2 aromatic rings. The quantitative estimate of drug-likeness (QED) is 0.875. The Morgan fingerprint density at radius 2 is 2.21 bits per heavy atom. The zero-order chi connectivity index (χ0) is 14.0. The average molecular weight is 365 g/mol. The molecule has 0 aliphatic rings. The Balaban J connectivity index is 2.33. The molecule has 0 atom stereocenters. The fraction of sp³-hybridized carbons (Fsp3) is 0.182. The summed E-state index contributed by atoms with van der Waals surface area (Å²) in [6.45, 7) is 1.89. The first-order valence-electron chi connectivity index (χ1n) is 5.44. The van der Waals surface area contributed by atoms with Crippen molar-refractivity contribution in [2.24, 2.45) is 0 Å². The van der Waals surface area contributed by atoms with Gasteiger partial charge >= 0.3 is 0 Å². The summed E-state index contributed by atoms with van der Waals surface area (Å²) in [5, 5.41) is 0.454. The van der Waals surface area contributed by atoms with Gasteiger partial charge in [-0.3, -0.25) is 4.72 Å². The van der Waals surface area contributed by atoms with Gasteiger partial charge in [0.25, 0.3) is 10.0 Å². The van der Waals surface area contributed by atoms with E-state index in [4.69, 9.17) is 11.6 Å². The number of aryl methyl sites for hydroxylation is 1. The number of anilines is 1. The highest BCUT2D eigenvalue weighted by Crippen LogP contribution is 2.31. The van der Waals surface area contributed by atoms with Crippen LogP contribution in [0.15, 0.2) is 33.9 Å². The predicted molar refractivity (Wildman–Crippen MR) is 77.9 cm³/mol. The monoisotopic (exact) mass is 363 g/mol. The van der Waals surface area contributed by atoms with Crippen LogP contribution in [-0.2, 0) is 16.4 Å². The van der Waals surface area contributed by atoms with Gasteiger partial charge in [0.05, 0.1) is 21.4 Å². The van der Waals surface area contributed by atoms with E-state index < -0.39 is 10.0 Å². The topological polar surface area (TPSA) is 74.8 Å². The van der Waals surface area contributed by atoms with E-state index in [0.717, 1.165) is 0 Å². The van der Waals surface area contributed by atoms with Crippen LogP contribution in [-0.4, -0.2) is 18.4 Å². The number of benzene rings is 1. The third kappa shape index (κ3) is 3.10. The van der Waals surface area contributed by atoms with Crippen molar-refractivity contribution < 1.29 is 8.42 Å². The second-order valence-electron chi connectivity index (χ2n) is 3.75. The van der Waals surface area contributed by atoms with E-state index >= 15 is 0 Å². The number of hydrogen-bond acceptors (Lipinski definition) is 3. The molecular weight excluding hydrogens is 354 g/mol. The van der Waals surface area contributed by atoms with Gasteiger partial charge in [-0.25, -0.2) is 4.98 Å². The van der Waals surface area contributed by atoms with Crippen molar-refractivity contribution in [1.29, 1.82) is 0 Å². The Hall–Kier alpha value is -1.05. The molecule has 5 nitrogen and oxygen atoms in total. The standard InChI is InChI=1S/C11H11BrClN3O2S/c1-2-9-14-6-10(15-9)19(17,18)16-8-5-3-4-7(13)11(8)12/h3-6,16H,2H2,1H3,(H,14,15). The second-order valence-corrected chi connectivity index (χ2v) is 6.61. The van der Waals surface area contributed by atoms with Crippen molar-refractivity contribution in [3.05, 3.63) is 39.7 Å². The van der Waals surface area contributed by atoms with E-state index in [1.54, 1.807) is 18.2 Å². The molecule has 0 saturated heterocycles. The van der Waals surface area contributed by atoms with Gasteiger partial charge in [0.2, 0.25) is 0 Å². The average Bonchev–Trinajstić information content (AvgIpc) is 2.84. The van der Waals surface area contributed by atoms with Crippen LogP contribution < -0.4 is 4.72 Å². The van der Waals surface area contributed by atoms with Crippen LogP contribution >= 0.6 is 27.5 Å². The van der Waals surface area contributed by atoms with Crippen molar-refractivity contribution in [3.63, 3.8) is 0 Å². The van der Waals surface area contributed by atoms with Gasteiger partial charge < -0.3 is 4.98 Å². The molecule has 0 spiro atoms. The number of aromatic amines is 1. The number of sulfonamides is 1. The van der Waals surface area contributed by atoms with E-state index in [0.29, 0.717) is 27.4 Å². The number of aromatic nitrogens is 2. The molecule has 102 valence electrons. The molecule has 0 bridgehead atoms. The van der Waals surface area contributed by atoms with Gasteiger partial charge in [0, 0.05) is 6.42 Å². The van der Waals surface area contributed by atoms with Gasteiger partial charge in [0.1, 0.15) is 5.82 Å². The van der Waals surface area contributed by atoms with Crippen molar-refractivity contribution in [1.82, 2.24) is 9.97 Å². The molecule has 2 N–H and O–H groups in total. The van der Waals surface area contributed by atoms with E-state index in [1.165, 1.54) is 6.20 Å². The lowest BCUT2D eigenvalue weighted by Gasteiger charge is -2.08. The molecule has 0 unspecified atom stereocenters. The highest BCUT2D eigenvalue weighted by molar-refractivity contribution is 9.10. The predicted octanol–water partition coefficient (Wildman–Crippen LogP) is 3.19. The third-order valence-corrected chi connectivity index (χ3v) is 5.10. The summed E-state index contributed by atoms with van der Waals surface area (Å²) in [6, 6.07) is 4.94. The van der Waals surface area contributed by atoms with Gasteiger partial charge in [-0.1, -0.05) is 24.6 Å². The van der Waals surface area contributed by atoms with Crippen molar-refractivity contribution in [2.45, 2.75) is 18.4 Å². The summed E-state index contributed by atoms with van der Waals surface area (Å²) in [5.41, 5.74) is 0.375. The summed E-state index contributed by atoms with van der Waals surface area (Å²) in [5.74, 6) is 0.616. The number of halogens is 2. The molecule has 1 heterocycles. The SMILES string of the molecule is CCc1ncc(S(=O)(=O)Nc2cccc(Cl)c2Br)[nH]1. The van der Waals surface area contributed by atoms with Crippen LogP contribution in [0.5, 0.6) is 0 Å². The first kappa shape index (κ1) is 14.4. The minimum Gasteiger partial charge on any atom is -0.332 e. The molecular formula is C11H11BrClN3O2S. The number of nitrogens with one attached hydrogen (secondary N) is 2. The summed E-state index contributed by atoms with van der Waals surface area (Å²) in [4.78, 5) is 6.72. The molecule has 19 heavy (non-hydrogen) atoms. The van der Waals surface area contributed by atoms with Crippen LogP contribution in [0.4, 0.5) is 5.69 Å². The molecule has 0 aliphatic heterocycles. The van der Waals surface area contributed by atoms with Gasteiger partial charge in [0.15, 0.2) is 5.03 Å². The molecule has 0 fully saturated rings. The Bertz CT molecular complexity index is 700. The highest BCUT2D eigenvalue weighted by atomic mass is 79.9. The lowest BCUT2D eigenvalue weighted by molar-refractivity contribution is 0.598. The first-order valence-corrected chi connectivity index (χ1v) is 8.10. The highest BCUT2D eigenvalue weighted by Gasteiger charge is 2.18. The lowest BCUT2D eigenvalue weighted by Crippen LogP contribution is -2.13. The van der Waals surface area contributed by atoms with Crippen LogP contribution in [0.3, 0.4) is 0 Å². The maximum absolute atomic E-state index is 12.1. The molecule has 2 rings (SSSR count). The van der Waals surface area contributed by atoms with Crippen molar-refractivity contribution in [3.8, 4) is 0 Å². The third-order valence-electron chi connectivity index (χ3n) is 2.43. The molecule has 1 aromatic carbocycles. The van der Waals surface area contributed by atoms with Gasteiger partial charge in [-0.05, 0) is 28.1 Å². The number of H-pyrrole nitrogens is 1. The zero-order valence-corrected chi connectivity index (χ0v) is 13.1. The van der Waals surface area contributed by atoms with Gasteiger partial charge in [-0.2, -0.15) is 8.42 Å². The molecule has 0 aliphatic carbocycles. The summed E-state index contributed by atoms with van der Waals surface area (Å²) < 4.78 is 27.2. The second kappa shape index (κ2) is 5.52. The normalized spacial score (nSPS) is 11.5. The number of imidazole rings is 1. The van der Waals surface area contributed by atoms with Gasteiger partial charge in [-0.15, -0.1) is 0 Å². The molecule has 0 radical (unpaired) electrons. The first-order chi connectivity index (χ1) is 8.94. The molecule has 1 aromatic heterocycles. The Morgan fingerprint density at radius 1 is 1.47 bits per heavy atom. The fourth-order valence-corrected chi connectivity index (χ4v) is 3.12. The van der Waals surface area contributed by atoms with Crippen molar-refractivity contribution in [2.75, 3.05) is 4.72 Å². The Labute approximate surface area is 124 Å². The fourth-order valence-electron chi connectivity index (χ4n) is 1.44. The largest absolute Gasteiger partial charge is 0.332 e. The van der Waals surface area contributed by atoms with E-state index in [-0.39, 0.29) is 5.03 Å². The minimum absolute atomic E-state index is 0.0243. The number of nitrogens with zero attached hydrogens (tertiary/aromatic N) is 1. The minimum atomic E-state index is -3.70. The summed E-state index contributed by atoms with van der Waals surface area (Å²) in [7, 11) is -3.70. The Kier molecular flexibility index (Phi) is 4.17. The molecule has 0 saturated carbocycles. The molecule has 0 amide bonds. The van der Waals surface area contributed by atoms with Crippen LogP contribution in [0.1, 0.15) is 12.7 Å². The number of hydrogen-bond donors (Lipinski definition) is 2. The Morgan fingerprint density at radius 3 is 2.84 bits per heavy atom. The van der Waals surface area contributed by atoms with Crippen LogP contribution in [0.2, 0.25) is 5.02 Å². The number of rotatable bonds is 4. The molecule has 8 heteroatoms. The smallest absolute Gasteiger partial charge is 0.279 e. The summed E-state index contributed by atoms with van der Waals surface area (Å²) >= 11 is 9.15. The maximum atomic E-state index is 12.1. The summed E-state index contributed by atoms with van der Waals surface area (Å²) in [6.07, 6.45) is 1.93. The van der Waals surface area contributed by atoms with Crippen molar-refractivity contribution >= 4 is 43.2 Å². The maximum Gasteiger partial charge on any atom is 0.279 e. The van der Waals surface area contributed by atoms with E-state index in [9.17, 15) is 8.42 Å². The van der Waals surface area contributed by atoms with Crippen LogP contribution in [0, 0.1) is 0 Å². The van der Waals surface area contributed by atoms with Crippen LogP contribution in [0.25, 0.3) is 0 Å². The van der Waals surface area contributed by atoms with E-state index in [1.807, 2.05) is 6.92 Å². The van der Waals surface area contributed by atoms with E-state index in [2.05, 4.69) is 30.6 Å².